The summed E-state index contributed by atoms with van der Waals surface area (Å²) in [5.41, 5.74) is 2.60. The largest absolute Gasteiger partial charge is 0.465 e. The molecule has 0 fully saturated rings. The second-order valence-corrected chi connectivity index (χ2v) is 4.05. The number of pyridine rings is 1. The molecule has 96 valence electrons. The fraction of sp³-hybridized carbons (Fsp3) is 0.133. The van der Waals surface area contributed by atoms with Crippen molar-refractivity contribution in [3.63, 3.8) is 0 Å². The molecule has 1 aromatic carbocycles. The summed E-state index contributed by atoms with van der Waals surface area (Å²) in [5.74, 6) is -0.383. The Kier molecular flexibility index (Phi) is 3.71. The van der Waals surface area contributed by atoms with Gasteiger partial charge in [0.05, 0.1) is 18.4 Å². The average molecular weight is 255 g/mol. The number of carbonyl (C=O) groups is 2. The maximum atomic E-state index is 11.4. The second-order valence-electron chi connectivity index (χ2n) is 4.05. The number of rotatable bonds is 3. The lowest BCUT2D eigenvalue weighted by Gasteiger charge is -2.04. The Morgan fingerprint density at radius 3 is 2.32 bits per heavy atom. The quantitative estimate of drug-likeness (QED) is 0.625. The molecule has 4 nitrogen and oxygen atoms in total. The first-order valence-corrected chi connectivity index (χ1v) is 5.77. The van der Waals surface area contributed by atoms with Crippen molar-refractivity contribution in [1.82, 2.24) is 4.98 Å². The molecule has 1 aromatic heterocycles. The zero-order valence-corrected chi connectivity index (χ0v) is 10.7. The zero-order chi connectivity index (χ0) is 13.8. The molecule has 0 N–H and O–H groups in total. The third-order valence-electron chi connectivity index (χ3n) is 2.77. The summed E-state index contributed by atoms with van der Waals surface area (Å²) in [6.07, 6.45) is 1.56. The topological polar surface area (TPSA) is 56.3 Å². The summed E-state index contributed by atoms with van der Waals surface area (Å²) < 4.78 is 4.67. The molecule has 0 unspecified atom stereocenters. The van der Waals surface area contributed by atoms with E-state index in [1.54, 1.807) is 42.6 Å². The molecule has 4 heteroatoms. The van der Waals surface area contributed by atoms with E-state index in [0.29, 0.717) is 16.8 Å². The Hall–Kier alpha value is -2.49. The Balaban J connectivity index is 2.36. The Morgan fingerprint density at radius 2 is 1.74 bits per heavy atom. The van der Waals surface area contributed by atoms with Crippen molar-refractivity contribution in [2.75, 3.05) is 7.11 Å². The highest BCUT2D eigenvalue weighted by Gasteiger charge is 2.08. The SMILES string of the molecule is COC(=O)c1ccnc(-c2ccc(C(C)=O)cc2)c1. The number of benzene rings is 1. The lowest BCUT2D eigenvalue weighted by atomic mass is 10.1. The molecule has 0 saturated carbocycles. The van der Waals surface area contributed by atoms with Gasteiger partial charge in [0.25, 0.3) is 0 Å². The van der Waals surface area contributed by atoms with Gasteiger partial charge in [-0.2, -0.15) is 0 Å². The van der Waals surface area contributed by atoms with Crippen LogP contribution in [0.3, 0.4) is 0 Å². The minimum atomic E-state index is -0.399. The van der Waals surface area contributed by atoms with Crippen LogP contribution in [0.4, 0.5) is 0 Å². The summed E-state index contributed by atoms with van der Waals surface area (Å²) in [7, 11) is 1.34. The van der Waals surface area contributed by atoms with Crippen LogP contribution in [0.15, 0.2) is 42.6 Å². The van der Waals surface area contributed by atoms with Gasteiger partial charge in [-0.25, -0.2) is 4.79 Å². The molecule has 0 saturated heterocycles. The number of methoxy groups -OCH3 is 1. The van der Waals surface area contributed by atoms with Crippen molar-refractivity contribution in [3.8, 4) is 11.3 Å². The van der Waals surface area contributed by atoms with E-state index in [-0.39, 0.29) is 5.78 Å². The van der Waals surface area contributed by atoms with E-state index in [4.69, 9.17) is 0 Å². The Labute approximate surface area is 111 Å². The van der Waals surface area contributed by atoms with E-state index < -0.39 is 5.97 Å². The molecule has 0 radical (unpaired) electrons. The van der Waals surface area contributed by atoms with E-state index in [1.165, 1.54) is 14.0 Å². The number of aromatic nitrogens is 1. The molecule has 0 aliphatic carbocycles. The van der Waals surface area contributed by atoms with Crippen molar-refractivity contribution >= 4 is 11.8 Å². The first-order chi connectivity index (χ1) is 9.11. The monoisotopic (exact) mass is 255 g/mol. The number of nitrogens with zero attached hydrogens (tertiary/aromatic N) is 1. The van der Waals surface area contributed by atoms with Gasteiger partial charge in [-0.3, -0.25) is 9.78 Å². The zero-order valence-electron chi connectivity index (χ0n) is 10.7. The summed E-state index contributed by atoms with van der Waals surface area (Å²) in [4.78, 5) is 26.9. The number of ketones is 1. The van der Waals surface area contributed by atoms with Gasteiger partial charge in [-0.15, -0.1) is 0 Å². The fourth-order valence-electron chi connectivity index (χ4n) is 1.71. The summed E-state index contributed by atoms with van der Waals surface area (Å²) >= 11 is 0. The van der Waals surface area contributed by atoms with E-state index >= 15 is 0 Å². The third-order valence-corrected chi connectivity index (χ3v) is 2.77. The number of esters is 1. The smallest absolute Gasteiger partial charge is 0.337 e. The molecule has 19 heavy (non-hydrogen) atoms. The number of hydrogen-bond donors (Lipinski definition) is 0. The van der Waals surface area contributed by atoms with Gasteiger partial charge < -0.3 is 4.74 Å². The molecule has 1 heterocycles. The average Bonchev–Trinajstić information content (AvgIpc) is 2.46. The predicted molar refractivity (Wildman–Crippen MR) is 71.0 cm³/mol. The van der Waals surface area contributed by atoms with Gasteiger partial charge in [0, 0.05) is 17.3 Å². The summed E-state index contributed by atoms with van der Waals surface area (Å²) in [6, 6.07) is 10.3. The van der Waals surface area contributed by atoms with Gasteiger partial charge in [0.2, 0.25) is 0 Å². The van der Waals surface area contributed by atoms with Crippen LogP contribution in [0.2, 0.25) is 0 Å². The van der Waals surface area contributed by atoms with E-state index in [2.05, 4.69) is 9.72 Å². The van der Waals surface area contributed by atoms with Gasteiger partial charge in [0.15, 0.2) is 5.78 Å². The lowest BCUT2D eigenvalue weighted by molar-refractivity contribution is 0.0600. The van der Waals surface area contributed by atoms with Crippen LogP contribution in [0.5, 0.6) is 0 Å². The molecule has 0 amide bonds. The summed E-state index contributed by atoms with van der Waals surface area (Å²) in [6.45, 7) is 1.52. The van der Waals surface area contributed by atoms with E-state index in [0.717, 1.165) is 5.56 Å². The third kappa shape index (κ3) is 2.85. The van der Waals surface area contributed by atoms with Crippen LogP contribution >= 0.6 is 0 Å². The van der Waals surface area contributed by atoms with Gasteiger partial charge in [-0.1, -0.05) is 24.3 Å². The number of Topliss-reactive ketones (excluding diaryl/α,β-unsaturated/α-hetero) is 1. The molecule has 2 rings (SSSR count). The number of hydrogen-bond acceptors (Lipinski definition) is 4. The molecular weight excluding hydrogens is 242 g/mol. The van der Waals surface area contributed by atoms with Gasteiger partial charge in [0.1, 0.15) is 0 Å². The Bertz CT molecular complexity index is 618. The molecular formula is C15H13NO3. The number of ether oxygens (including phenoxy) is 1. The van der Waals surface area contributed by atoms with Crippen molar-refractivity contribution in [1.29, 1.82) is 0 Å². The second kappa shape index (κ2) is 5.44. The highest BCUT2D eigenvalue weighted by atomic mass is 16.5. The first-order valence-electron chi connectivity index (χ1n) is 5.77. The Morgan fingerprint density at radius 1 is 1.05 bits per heavy atom. The molecule has 0 aliphatic rings. The van der Waals surface area contributed by atoms with Crippen LogP contribution in [-0.2, 0) is 4.74 Å². The van der Waals surface area contributed by atoms with Crippen LogP contribution in [0, 0.1) is 0 Å². The number of carbonyl (C=O) groups excluding carboxylic acids is 2. The lowest BCUT2D eigenvalue weighted by Crippen LogP contribution is -2.01. The van der Waals surface area contributed by atoms with Crippen LogP contribution in [0.1, 0.15) is 27.6 Å². The van der Waals surface area contributed by atoms with Crippen molar-refractivity contribution < 1.29 is 14.3 Å². The van der Waals surface area contributed by atoms with E-state index in [9.17, 15) is 9.59 Å². The molecule has 0 spiro atoms. The molecule has 0 atom stereocenters. The minimum absolute atomic E-state index is 0.0165. The highest BCUT2D eigenvalue weighted by molar-refractivity contribution is 5.94. The maximum Gasteiger partial charge on any atom is 0.337 e. The van der Waals surface area contributed by atoms with Gasteiger partial charge >= 0.3 is 5.97 Å². The van der Waals surface area contributed by atoms with Crippen LogP contribution in [0.25, 0.3) is 11.3 Å². The molecule has 0 aliphatic heterocycles. The van der Waals surface area contributed by atoms with Crippen molar-refractivity contribution in [2.45, 2.75) is 6.92 Å². The highest BCUT2D eigenvalue weighted by Crippen LogP contribution is 2.19. The standard InChI is InChI=1S/C15H13NO3/c1-10(17)11-3-5-12(6-4-11)14-9-13(7-8-16-14)15(18)19-2/h3-9H,1-2H3. The normalized spacial score (nSPS) is 10.0. The van der Waals surface area contributed by atoms with Crippen molar-refractivity contribution in [2.24, 2.45) is 0 Å². The maximum absolute atomic E-state index is 11.4. The van der Waals surface area contributed by atoms with Crippen LogP contribution < -0.4 is 0 Å². The van der Waals surface area contributed by atoms with Gasteiger partial charge in [-0.05, 0) is 19.1 Å². The van der Waals surface area contributed by atoms with Crippen molar-refractivity contribution in [3.05, 3.63) is 53.7 Å². The minimum Gasteiger partial charge on any atom is -0.465 e. The fourth-order valence-corrected chi connectivity index (χ4v) is 1.71. The van der Waals surface area contributed by atoms with E-state index in [1.807, 2.05) is 0 Å². The summed E-state index contributed by atoms with van der Waals surface area (Å²) in [5, 5.41) is 0. The predicted octanol–water partition coefficient (Wildman–Crippen LogP) is 2.74. The first kappa shape index (κ1) is 13.0. The molecule has 0 bridgehead atoms. The molecule has 2 aromatic rings. The van der Waals surface area contributed by atoms with Crippen LogP contribution in [-0.4, -0.2) is 23.8 Å².